The van der Waals surface area contributed by atoms with Crippen LogP contribution in [0, 0.1) is 16.0 Å². The Hall–Kier alpha value is -2.98. The Labute approximate surface area is 187 Å². The Kier molecular flexibility index (Phi) is 7.81. The molecule has 172 valence electrons. The largest absolute Gasteiger partial charge is 0.495 e. The number of nitrogens with zero attached hydrogens (tertiary/aromatic N) is 2. The number of sulfonamides is 1. The first-order valence-electron chi connectivity index (χ1n) is 10.4. The number of carbonyl (C=O) groups excluding carboxylic acids is 1. The van der Waals surface area contributed by atoms with Crippen molar-refractivity contribution in [2.75, 3.05) is 31.3 Å². The second-order valence-electron chi connectivity index (χ2n) is 7.73. The summed E-state index contributed by atoms with van der Waals surface area (Å²) in [5.74, 6) is -0.607. The van der Waals surface area contributed by atoms with Gasteiger partial charge in [0.15, 0.2) is 0 Å². The standard InChI is InChI=1S/C22H27N3O6S/c1-31-21-12-11-19(25(27)28)15-20(21)23-22(26)18-10-5-13-24(16-18)32(29,30)14-6-9-17-7-3-2-4-8-17/h2-4,7-8,11-12,15,18H,5-6,9-10,13-14,16H2,1H3,(H,23,26)/t18-/m0/s1. The van der Waals surface area contributed by atoms with E-state index >= 15 is 0 Å². The van der Waals surface area contributed by atoms with Crippen LogP contribution in [-0.2, 0) is 21.2 Å². The van der Waals surface area contributed by atoms with Crippen LogP contribution >= 0.6 is 0 Å². The van der Waals surface area contributed by atoms with Gasteiger partial charge in [-0.1, -0.05) is 30.3 Å². The number of benzene rings is 2. The van der Waals surface area contributed by atoms with Gasteiger partial charge in [-0.3, -0.25) is 14.9 Å². The topological polar surface area (TPSA) is 119 Å². The molecule has 1 fully saturated rings. The molecule has 1 N–H and O–H groups in total. The summed E-state index contributed by atoms with van der Waals surface area (Å²) in [7, 11) is -2.08. The van der Waals surface area contributed by atoms with E-state index in [2.05, 4.69) is 5.32 Å². The number of hydrogen-bond acceptors (Lipinski definition) is 6. The van der Waals surface area contributed by atoms with Crippen LogP contribution in [0.3, 0.4) is 0 Å². The molecule has 2 aromatic carbocycles. The van der Waals surface area contributed by atoms with Gasteiger partial charge in [0.2, 0.25) is 15.9 Å². The van der Waals surface area contributed by atoms with E-state index in [1.807, 2.05) is 30.3 Å². The fraction of sp³-hybridized carbons (Fsp3) is 0.409. The molecule has 1 amide bonds. The highest BCUT2D eigenvalue weighted by Gasteiger charge is 2.32. The lowest BCUT2D eigenvalue weighted by Gasteiger charge is -2.31. The van der Waals surface area contributed by atoms with E-state index in [0.29, 0.717) is 38.0 Å². The van der Waals surface area contributed by atoms with Crippen molar-refractivity contribution in [3.05, 3.63) is 64.2 Å². The maximum atomic E-state index is 12.8. The van der Waals surface area contributed by atoms with Gasteiger partial charge in [0.1, 0.15) is 5.75 Å². The van der Waals surface area contributed by atoms with Crippen LogP contribution in [-0.4, -0.2) is 49.5 Å². The van der Waals surface area contributed by atoms with Crippen molar-refractivity contribution in [1.29, 1.82) is 0 Å². The minimum Gasteiger partial charge on any atom is -0.495 e. The summed E-state index contributed by atoms with van der Waals surface area (Å²) in [6.45, 7) is 0.480. The van der Waals surface area contributed by atoms with Crippen molar-refractivity contribution in [3.8, 4) is 5.75 Å². The molecule has 3 rings (SSSR count). The average molecular weight is 462 g/mol. The lowest BCUT2D eigenvalue weighted by molar-refractivity contribution is -0.384. The van der Waals surface area contributed by atoms with Gasteiger partial charge in [-0.15, -0.1) is 0 Å². The molecule has 9 nitrogen and oxygen atoms in total. The summed E-state index contributed by atoms with van der Waals surface area (Å²) in [5, 5.41) is 13.7. The summed E-state index contributed by atoms with van der Waals surface area (Å²) in [4.78, 5) is 23.3. The second kappa shape index (κ2) is 10.6. The number of carbonyl (C=O) groups is 1. The molecule has 1 heterocycles. The minimum absolute atomic E-state index is 0.0228. The molecule has 0 spiro atoms. The lowest BCUT2D eigenvalue weighted by Crippen LogP contribution is -2.44. The van der Waals surface area contributed by atoms with E-state index in [1.165, 1.54) is 29.6 Å². The molecule has 10 heteroatoms. The molecule has 32 heavy (non-hydrogen) atoms. The molecule has 0 unspecified atom stereocenters. The van der Waals surface area contributed by atoms with Crippen molar-refractivity contribution in [3.63, 3.8) is 0 Å². The van der Waals surface area contributed by atoms with Gasteiger partial charge >= 0.3 is 0 Å². The quantitative estimate of drug-likeness (QED) is 0.452. The molecule has 0 aromatic heterocycles. The third-order valence-electron chi connectivity index (χ3n) is 5.51. The number of methoxy groups -OCH3 is 1. The number of aryl methyl sites for hydroxylation is 1. The number of ether oxygens (including phenoxy) is 1. The van der Waals surface area contributed by atoms with Crippen molar-refractivity contribution in [2.45, 2.75) is 25.7 Å². The highest BCUT2D eigenvalue weighted by Crippen LogP contribution is 2.30. The fourth-order valence-electron chi connectivity index (χ4n) is 3.78. The van der Waals surface area contributed by atoms with E-state index in [1.54, 1.807) is 0 Å². The lowest BCUT2D eigenvalue weighted by atomic mass is 9.98. The van der Waals surface area contributed by atoms with Crippen LogP contribution in [0.5, 0.6) is 5.75 Å². The zero-order valence-corrected chi connectivity index (χ0v) is 18.7. The van der Waals surface area contributed by atoms with Gasteiger partial charge in [0, 0.05) is 25.2 Å². The number of piperidine rings is 1. The monoisotopic (exact) mass is 461 g/mol. The second-order valence-corrected chi connectivity index (χ2v) is 9.82. The maximum Gasteiger partial charge on any atom is 0.271 e. The maximum absolute atomic E-state index is 12.8. The SMILES string of the molecule is COc1ccc([N+](=O)[O-])cc1NC(=O)[C@H]1CCCN(S(=O)(=O)CCCc2ccccc2)C1. The minimum atomic E-state index is -3.48. The first-order valence-corrected chi connectivity index (χ1v) is 12.1. The fourth-order valence-corrected chi connectivity index (χ4v) is 5.37. The van der Waals surface area contributed by atoms with Gasteiger partial charge in [0.25, 0.3) is 5.69 Å². The third-order valence-corrected chi connectivity index (χ3v) is 7.43. The summed E-state index contributed by atoms with van der Waals surface area (Å²) in [5.41, 5.74) is 1.10. The van der Waals surface area contributed by atoms with Gasteiger partial charge in [-0.25, -0.2) is 12.7 Å². The Bertz CT molecular complexity index is 1060. The number of nitrogens with one attached hydrogen (secondary N) is 1. The van der Waals surface area contributed by atoms with Crippen LogP contribution < -0.4 is 10.1 Å². The molecular weight excluding hydrogens is 434 g/mol. The number of hydrogen-bond donors (Lipinski definition) is 1. The van der Waals surface area contributed by atoms with Gasteiger partial charge < -0.3 is 10.1 Å². The molecule has 1 atom stereocenters. The summed E-state index contributed by atoms with van der Waals surface area (Å²) in [6.07, 6.45) is 2.29. The van der Waals surface area contributed by atoms with E-state index in [9.17, 15) is 23.3 Å². The van der Waals surface area contributed by atoms with Crippen molar-refractivity contribution >= 4 is 27.3 Å². The Morgan fingerprint density at radius 2 is 2.00 bits per heavy atom. The summed E-state index contributed by atoms with van der Waals surface area (Å²) >= 11 is 0. The number of amides is 1. The van der Waals surface area contributed by atoms with Crippen molar-refractivity contribution < 1.29 is 22.9 Å². The van der Waals surface area contributed by atoms with Gasteiger partial charge in [0.05, 0.1) is 29.4 Å². The van der Waals surface area contributed by atoms with Gasteiger partial charge in [-0.05, 0) is 37.3 Å². The predicted molar refractivity (Wildman–Crippen MR) is 121 cm³/mol. The molecule has 1 aliphatic heterocycles. The van der Waals surface area contributed by atoms with Crippen molar-refractivity contribution in [2.24, 2.45) is 5.92 Å². The molecule has 0 aliphatic carbocycles. The normalized spacial score (nSPS) is 17.0. The summed E-state index contributed by atoms with van der Waals surface area (Å²) in [6, 6.07) is 13.6. The van der Waals surface area contributed by atoms with E-state index in [4.69, 9.17) is 4.74 Å². The van der Waals surface area contributed by atoms with Crippen LogP contribution in [0.1, 0.15) is 24.8 Å². The first-order chi connectivity index (χ1) is 15.3. The Balaban J connectivity index is 1.62. The molecular formula is C22H27N3O6S. The number of nitro benzene ring substituents is 1. The van der Waals surface area contributed by atoms with Crippen molar-refractivity contribution in [1.82, 2.24) is 4.31 Å². The molecule has 0 bridgehead atoms. The van der Waals surface area contributed by atoms with E-state index in [-0.39, 0.29) is 29.6 Å². The molecule has 2 aromatic rings. The number of non-ortho nitro benzene ring substituents is 1. The number of anilines is 1. The highest BCUT2D eigenvalue weighted by molar-refractivity contribution is 7.89. The zero-order chi connectivity index (χ0) is 23.1. The Morgan fingerprint density at radius 3 is 2.69 bits per heavy atom. The highest BCUT2D eigenvalue weighted by atomic mass is 32.2. The molecule has 0 radical (unpaired) electrons. The van der Waals surface area contributed by atoms with Crippen LogP contribution in [0.25, 0.3) is 0 Å². The number of nitro groups is 1. The molecule has 1 aliphatic rings. The van der Waals surface area contributed by atoms with E-state index < -0.39 is 20.9 Å². The first kappa shape index (κ1) is 23.7. The number of rotatable bonds is 9. The zero-order valence-electron chi connectivity index (χ0n) is 17.9. The molecule has 1 saturated heterocycles. The van der Waals surface area contributed by atoms with E-state index in [0.717, 1.165) is 5.56 Å². The van der Waals surface area contributed by atoms with Crippen LogP contribution in [0.2, 0.25) is 0 Å². The van der Waals surface area contributed by atoms with Gasteiger partial charge in [-0.2, -0.15) is 0 Å². The Morgan fingerprint density at radius 1 is 1.25 bits per heavy atom. The van der Waals surface area contributed by atoms with Crippen LogP contribution in [0.4, 0.5) is 11.4 Å². The summed E-state index contributed by atoms with van der Waals surface area (Å²) < 4.78 is 32.2. The van der Waals surface area contributed by atoms with Crippen LogP contribution in [0.15, 0.2) is 48.5 Å². The average Bonchev–Trinajstić information content (AvgIpc) is 2.79. The predicted octanol–water partition coefficient (Wildman–Crippen LogP) is 3.22. The third kappa shape index (κ3) is 6.04. The smallest absolute Gasteiger partial charge is 0.271 e. The molecule has 0 saturated carbocycles.